The Hall–Kier alpha value is -1.70. The van der Waals surface area contributed by atoms with Crippen LogP contribution < -0.4 is 4.90 Å². The second kappa shape index (κ2) is 6.82. The van der Waals surface area contributed by atoms with Crippen molar-refractivity contribution in [1.29, 1.82) is 0 Å². The van der Waals surface area contributed by atoms with E-state index < -0.39 is 10.3 Å². The van der Waals surface area contributed by atoms with Gasteiger partial charge in [0.05, 0.1) is 21.9 Å². The molecule has 1 saturated heterocycles. The van der Waals surface area contributed by atoms with Crippen molar-refractivity contribution >= 4 is 33.4 Å². The van der Waals surface area contributed by atoms with E-state index >= 15 is 0 Å². The summed E-state index contributed by atoms with van der Waals surface area (Å²) in [6.45, 7) is 5.25. The Morgan fingerprint density at radius 1 is 1.57 bits per heavy atom. The number of carbonyl (C=O) groups is 1. The van der Waals surface area contributed by atoms with Crippen LogP contribution in [0, 0.1) is 21.4 Å². The highest BCUT2D eigenvalue weighted by Crippen LogP contribution is 2.38. The van der Waals surface area contributed by atoms with Gasteiger partial charge in [-0.3, -0.25) is 14.9 Å². The van der Waals surface area contributed by atoms with E-state index in [2.05, 4.69) is 25.8 Å². The molecule has 7 nitrogen and oxygen atoms in total. The van der Waals surface area contributed by atoms with Crippen molar-refractivity contribution < 1.29 is 14.5 Å². The molecule has 0 amide bonds. The Balaban J connectivity index is 2.22. The van der Waals surface area contributed by atoms with E-state index in [1.807, 2.05) is 13.8 Å². The lowest BCUT2D eigenvalue weighted by molar-refractivity contribution is -0.385. The average Bonchev–Trinajstić information content (AvgIpc) is 2.53. The third-order valence-corrected chi connectivity index (χ3v) is 5.05. The fourth-order valence-corrected chi connectivity index (χ4v) is 3.53. The van der Waals surface area contributed by atoms with Crippen LogP contribution in [0.4, 0.5) is 11.5 Å². The van der Waals surface area contributed by atoms with Gasteiger partial charge in [-0.05, 0) is 48.5 Å². The number of anilines is 1. The maximum absolute atomic E-state index is 12.0. The van der Waals surface area contributed by atoms with Crippen LogP contribution in [0.15, 0.2) is 16.7 Å². The number of esters is 1. The van der Waals surface area contributed by atoms with Gasteiger partial charge in [-0.2, -0.15) is 0 Å². The summed E-state index contributed by atoms with van der Waals surface area (Å²) in [5.74, 6) is 0.577. The number of ether oxygens (including phenoxy) is 1. The molecule has 1 aliphatic rings. The molecule has 0 bridgehead atoms. The Labute approximate surface area is 143 Å². The first kappa shape index (κ1) is 17.7. The molecule has 0 spiro atoms. The Morgan fingerprint density at radius 3 is 2.83 bits per heavy atom. The van der Waals surface area contributed by atoms with Gasteiger partial charge >= 0.3 is 5.97 Å². The van der Waals surface area contributed by atoms with Crippen LogP contribution in [-0.4, -0.2) is 36.1 Å². The zero-order valence-electron chi connectivity index (χ0n) is 13.4. The first-order chi connectivity index (χ1) is 10.8. The lowest BCUT2D eigenvalue weighted by Crippen LogP contribution is -2.45. The van der Waals surface area contributed by atoms with Gasteiger partial charge in [0.1, 0.15) is 12.0 Å². The van der Waals surface area contributed by atoms with Crippen molar-refractivity contribution in [3.8, 4) is 0 Å². The normalized spacial score (nSPS) is 18.6. The van der Waals surface area contributed by atoms with E-state index in [0.29, 0.717) is 16.8 Å². The van der Waals surface area contributed by atoms with Crippen molar-refractivity contribution in [2.24, 2.45) is 11.3 Å². The first-order valence-corrected chi connectivity index (χ1v) is 8.20. The van der Waals surface area contributed by atoms with Gasteiger partial charge in [0.2, 0.25) is 0 Å². The minimum absolute atomic E-state index is 0.0518. The number of nitrogens with zero attached hydrogens (tertiary/aromatic N) is 3. The molecule has 2 heterocycles. The Kier molecular flexibility index (Phi) is 5.23. The maximum Gasteiger partial charge on any atom is 0.311 e. The van der Waals surface area contributed by atoms with Crippen molar-refractivity contribution in [2.45, 2.75) is 26.7 Å². The van der Waals surface area contributed by atoms with E-state index in [1.54, 1.807) is 0 Å². The Bertz CT molecular complexity index is 621. The molecule has 0 aliphatic carbocycles. The number of halogens is 1. The van der Waals surface area contributed by atoms with Gasteiger partial charge in [-0.15, -0.1) is 0 Å². The zero-order chi connectivity index (χ0) is 17.2. The molecule has 23 heavy (non-hydrogen) atoms. The number of aromatic nitrogens is 1. The third kappa shape index (κ3) is 3.63. The number of methoxy groups -OCH3 is 1. The molecule has 0 aromatic carbocycles. The summed E-state index contributed by atoms with van der Waals surface area (Å²) in [6.07, 6.45) is 3.12. The number of hydrogen-bond donors (Lipinski definition) is 0. The molecule has 1 unspecified atom stereocenters. The molecule has 2 rings (SSSR count). The van der Waals surface area contributed by atoms with Crippen LogP contribution >= 0.6 is 15.9 Å². The van der Waals surface area contributed by atoms with Crippen LogP contribution in [-0.2, 0) is 9.53 Å². The molecule has 8 heteroatoms. The topological polar surface area (TPSA) is 85.6 Å². The highest BCUT2D eigenvalue weighted by atomic mass is 79.9. The van der Waals surface area contributed by atoms with E-state index in [1.165, 1.54) is 19.4 Å². The van der Waals surface area contributed by atoms with Gasteiger partial charge in [0, 0.05) is 19.2 Å². The molecule has 1 fully saturated rings. The number of piperidine rings is 1. The fourth-order valence-electron chi connectivity index (χ4n) is 2.94. The quantitative estimate of drug-likeness (QED) is 0.449. The maximum atomic E-state index is 12.0. The largest absolute Gasteiger partial charge is 0.469 e. The van der Waals surface area contributed by atoms with Gasteiger partial charge in [-0.25, -0.2) is 4.98 Å². The molecule has 1 aliphatic heterocycles. The van der Waals surface area contributed by atoms with Crippen LogP contribution in [0.2, 0.25) is 0 Å². The third-order valence-electron chi connectivity index (χ3n) is 4.47. The fraction of sp³-hybridized carbons (Fsp3) is 0.600. The highest BCUT2D eigenvalue weighted by Gasteiger charge is 2.40. The lowest BCUT2D eigenvalue weighted by Gasteiger charge is -2.40. The van der Waals surface area contributed by atoms with Gasteiger partial charge in [0.15, 0.2) is 0 Å². The summed E-state index contributed by atoms with van der Waals surface area (Å²) in [5.41, 5.74) is -0.634. The van der Waals surface area contributed by atoms with Crippen LogP contribution in [0.1, 0.15) is 26.7 Å². The molecule has 1 aromatic heterocycles. The van der Waals surface area contributed by atoms with Crippen LogP contribution in [0.5, 0.6) is 0 Å². The molecule has 126 valence electrons. The van der Waals surface area contributed by atoms with Crippen molar-refractivity contribution in [1.82, 2.24) is 4.98 Å². The van der Waals surface area contributed by atoms with E-state index in [-0.39, 0.29) is 17.6 Å². The standard InChI is InChI=1S/C15H20BrN3O4/c1-15(2,14(20)23-3)10-5-4-6-18(9-10)13-12(16)7-11(8-17-13)19(21)22/h7-8,10H,4-6,9H2,1-3H3. The summed E-state index contributed by atoms with van der Waals surface area (Å²) in [5, 5.41) is 10.8. The molecular formula is C15H20BrN3O4. The predicted molar refractivity (Wildman–Crippen MR) is 89.3 cm³/mol. The summed E-state index contributed by atoms with van der Waals surface area (Å²) in [4.78, 5) is 28.7. The molecule has 1 atom stereocenters. The summed E-state index contributed by atoms with van der Waals surface area (Å²) >= 11 is 3.36. The van der Waals surface area contributed by atoms with E-state index in [0.717, 1.165) is 19.4 Å². The molecule has 1 aromatic rings. The first-order valence-electron chi connectivity index (χ1n) is 7.40. The summed E-state index contributed by atoms with van der Waals surface area (Å²) in [7, 11) is 1.40. The lowest BCUT2D eigenvalue weighted by atomic mass is 9.74. The molecule has 0 radical (unpaired) electrons. The minimum atomic E-state index is -0.583. The average molecular weight is 386 g/mol. The predicted octanol–water partition coefficient (Wildman–Crippen LogP) is 3.17. The van der Waals surface area contributed by atoms with Crippen molar-refractivity contribution in [2.75, 3.05) is 25.1 Å². The number of hydrogen-bond acceptors (Lipinski definition) is 6. The second-order valence-corrected chi connectivity index (χ2v) is 7.11. The minimum Gasteiger partial charge on any atom is -0.469 e. The number of rotatable bonds is 4. The number of pyridine rings is 1. The van der Waals surface area contributed by atoms with Crippen molar-refractivity contribution in [3.63, 3.8) is 0 Å². The monoisotopic (exact) mass is 385 g/mol. The second-order valence-electron chi connectivity index (χ2n) is 6.25. The van der Waals surface area contributed by atoms with Crippen LogP contribution in [0.3, 0.4) is 0 Å². The van der Waals surface area contributed by atoms with Gasteiger partial charge < -0.3 is 9.64 Å². The Morgan fingerprint density at radius 2 is 2.26 bits per heavy atom. The van der Waals surface area contributed by atoms with Crippen molar-refractivity contribution in [3.05, 3.63) is 26.9 Å². The van der Waals surface area contributed by atoms with Gasteiger partial charge in [-0.1, -0.05) is 0 Å². The van der Waals surface area contributed by atoms with Gasteiger partial charge in [0.25, 0.3) is 5.69 Å². The highest BCUT2D eigenvalue weighted by molar-refractivity contribution is 9.10. The molecule has 0 saturated carbocycles. The molecular weight excluding hydrogens is 366 g/mol. The summed E-state index contributed by atoms with van der Waals surface area (Å²) < 4.78 is 5.50. The SMILES string of the molecule is COC(=O)C(C)(C)C1CCCN(c2ncc([N+](=O)[O-])cc2Br)C1. The van der Waals surface area contributed by atoms with E-state index in [9.17, 15) is 14.9 Å². The number of carbonyl (C=O) groups excluding carboxylic acids is 1. The number of nitro groups is 1. The van der Waals surface area contributed by atoms with E-state index in [4.69, 9.17) is 4.74 Å². The smallest absolute Gasteiger partial charge is 0.311 e. The summed E-state index contributed by atoms with van der Waals surface area (Å²) in [6, 6.07) is 1.46. The van der Waals surface area contributed by atoms with Crippen LogP contribution in [0.25, 0.3) is 0 Å². The molecule has 0 N–H and O–H groups in total. The zero-order valence-corrected chi connectivity index (χ0v) is 15.0.